The highest BCUT2D eigenvalue weighted by atomic mass is 31.2. The van der Waals surface area contributed by atoms with Crippen LogP contribution in [0.15, 0.2) is 24.3 Å². The Kier molecular flexibility index (Phi) is 28.6. The van der Waals surface area contributed by atoms with Crippen LogP contribution in [0.5, 0.6) is 0 Å². The molecule has 2 atom stereocenters. The van der Waals surface area contributed by atoms with E-state index in [4.69, 9.17) is 18.5 Å². The number of ether oxygens (including phenoxy) is 2. The van der Waals surface area contributed by atoms with E-state index in [0.717, 1.165) is 83.5 Å². The van der Waals surface area contributed by atoms with Gasteiger partial charge in [-0.1, -0.05) is 102 Å². The van der Waals surface area contributed by atoms with E-state index in [9.17, 15) is 19.0 Å². The summed E-state index contributed by atoms with van der Waals surface area (Å²) >= 11 is 0. The predicted molar refractivity (Wildman–Crippen MR) is 185 cm³/mol. The molecule has 0 saturated carbocycles. The number of esters is 2. The number of allylic oxidation sites excluding steroid dienone is 4. The van der Waals surface area contributed by atoms with Crippen LogP contribution >= 0.6 is 7.82 Å². The van der Waals surface area contributed by atoms with Crippen molar-refractivity contribution >= 4 is 19.8 Å². The van der Waals surface area contributed by atoms with Crippen molar-refractivity contribution in [3.63, 3.8) is 0 Å². The number of hydrogen-bond acceptors (Lipinski definition) is 8. The fourth-order valence-electron chi connectivity index (χ4n) is 4.50. The Bertz CT molecular complexity index is 855. The number of quaternary nitrogens is 1. The van der Waals surface area contributed by atoms with Gasteiger partial charge in [0, 0.05) is 12.8 Å². The van der Waals surface area contributed by atoms with Crippen LogP contribution in [0.2, 0.25) is 0 Å². The number of hydrogen-bond donors (Lipinski definition) is 0. The molecule has 0 N–H and O–H groups in total. The number of unbranched alkanes of at least 4 members (excludes halogenated alkanes) is 14. The lowest BCUT2D eigenvalue weighted by Crippen LogP contribution is -2.37. The highest BCUT2D eigenvalue weighted by molar-refractivity contribution is 7.45. The molecule has 0 aromatic rings. The van der Waals surface area contributed by atoms with E-state index in [2.05, 4.69) is 38.2 Å². The fourth-order valence-corrected chi connectivity index (χ4v) is 5.22. The number of rotatable bonds is 32. The van der Waals surface area contributed by atoms with E-state index in [0.29, 0.717) is 17.4 Å². The average Bonchev–Trinajstić information content (AvgIpc) is 2.99. The van der Waals surface area contributed by atoms with E-state index in [1.165, 1.54) is 25.7 Å². The van der Waals surface area contributed by atoms with E-state index in [1.807, 2.05) is 21.1 Å². The van der Waals surface area contributed by atoms with Crippen LogP contribution in [0, 0.1) is 0 Å². The largest absolute Gasteiger partial charge is 0.756 e. The summed E-state index contributed by atoms with van der Waals surface area (Å²) in [6, 6.07) is 0. The molecule has 10 heteroatoms. The minimum atomic E-state index is -4.61. The first-order valence-electron chi connectivity index (χ1n) is 18.0. The van der Waals surface area contributed by atoms with Crippen molar-refractivity contribution in [2.24, 2.45) is 0 Å². The van der Waals surface area contributed by atoms with E-state index in [-0.39, 0.29) is 26.1 Å². The van der Waals surface area contributed by atoms with Gasteiger partial charge in [-0.15, -0.1) is 0 Å². The molecule has 0 aliphatic carbocycles. The molecule has 0 bridgehead atoms. The van der Waals surface area contributed by atoms with Crippen LogP contribution in [0.1, 0.15) is 142 Å². The van der Waals surface area contributed by atoms with Gasteiger partial charge in [-0.25, -0.2) is 0 Å². The third kappa shape index (κ3) is 32.4. The number of carbonyl (C=O) groups is 2. The first-order valence-corrected chi connectivity index (χ1v) is 19.5. The summed E-state index contributed by atoms with van der Waals surface area (Å²) in [5, 5.41) is 0. The third-order valence-electron chi connectivity index (χ3n) is 7.44. The van der Waals surface area contributed by atoms with Crippen molar-refractivity contribution < 1.29 is 42.1 Å². The van der Waals surface area contributed by atoms with Gasteiger partial charge in [0.15, 0.2) is 6.10 Å². The highest BCUT2D eigenvalue weighted by Crippen LogP contribution is 2.38. The van der Waals surface area contributed by atoms with Crippen LogP contribution in [0.25, 0.3) is 0 Å². The Balaban J connectivity index is 4.50. The van der Waals surface area contributed by atoms with Gasteiger partial charge in [-0.3, -0.25) is 14.2 Å². The smallest absolute Gasteiger partial charge is 0.306 e. The topological polar surface area (TPSA) is 111 Å². The van der Waals surface area contributed by atoms with Crippen molar-refractivity contribution in [2.75, 3.05) is 47.5 Å². The molecular weight excluding hydrogens is 605 g/mol. The minimum Gasteiger partial charge on any atom is -0.756 e. The molecule has 1 unspecified atom stereocenters. The number of likely N-dealkylation sites (N-methyl/N-ethyl adjacent to an activating group) is 1. The summed E-state index contributed by atoms with van der Waals surface area (Å²) in [5.41, 5.74) is 0. The lowest BCUT2D eigenvalue weighted by molar-refractivity contribution is -0.870. The van der Waals surface area contributed by atoms with Crippen LogP contribution in [0.4, 0.5) is 0 Å². The monoisotopic (exact) mass is 673 g/mol. The maximum Gasteiger partial charge on any atom is 0.306 e. The van der Waals surface area contributed by atoms with Gasteiger partial charge < -0.3 is 27.9 Å². The zero-order valence-corrected chi connectivity index (χ0v) is 30.9. The molecule has 0 aromatic carbocycles. The summed E-state index contributed by atoms with van der Waals surface area (Å²) in [6.07, 6.45) is 27.8. The van der Waals surface area contributed by atoms with Crippen LogP contribution in [0.3, 0.4) is 0 Å². The number of carbonyl (C=O) groups excluding carboxylic acids is 2. The molecule has 0 aliphatic heterocycles. The Morgan fingerprint density at radius 3 is 1.61 bits per heavy atom. The SMILES string of the molecule is CCCC/C=C\CCCCCCCC(=O)OC[C@H](COP(=O)([O-])OCC[N+](C)(C)C)OC(=O)CCCCCCC/C=C\CCCC. The molecule has 0 fully saturated rings. The quantitative estimate of drug-likeness (QED) is 0.0230. The summed E-state index contributed by atoms with van der Waals surface area (Å²) < 4.78 is 33.6. The molecule has 0 saturated heterocycles. The second-order valence-corrected chi connectivity index (χ2v) is 14.6. The van der Waals surface area contributed by atoms with Gasteiger partial charge in [-0.05, 0) is 51.4 Å². The van der Waals surface area contributed by atoms with Crippen LogP contribution in [-0.2, 0) is 32.7 Å². The molecule has 0 heterocycles. The zero-order valence-electron chi connectivity index (χ0n) is 30.0. The second-order valence-electron chi connectivity index (χ2n) is 13.2. The average molecular weight is 674 g/mol. The molecule has 0 aromatic heterocycles. The predicted octanol–water partition coefficient (Wildman–Crippen LogP) is 8.60. The van der Waals surface area contributed by atoms with Crippen molar-refractivity contribution in [1.82, 2.24) is 0 Å². The summed E-state index contributed by atoms with van der Waals surface area (Å²) in [7, 11) is 1.15. The lowest BCUT2D eigenvalue weighted by Gasteiger charge is -2.28. The van der Waals surface area contributed by atoms with Crippen molar-refractivity contribution in [2.45, 2.75) is 148 Å². The number of nitrogens with zero attached hydrogens (tertiary/aromatic N) is 1. The second kappa shape index (κ2) is 29.6. The van der Waals surface area contributed by atoms with E-state index < -0.39 is 32.5 Å². The van der Waals surface area contributed by atoms with Gasteiger partial charge in [-0.2, -0.15) is 0 Å². The fraction of sp³-hybridized carbons (Fsp3) is 0.833. The third-order valence-corrected chi connectivity index (χ3v) is 8.41. The summed E-state index contributed by atoms with van der Waals surface area (Å²) in [5.74, 6) is -0.861. The molecule has 0 spiro atoms. The zero-order chi connectivity index (χ0) is 34.4. The van der Waals surface area contributed by atoms with Gasteiger partial charge in [0.1, 0.15) is 19.8 Å². The molecule has 270 valence electrons. The first kappa shape index (κ1) is 44.5. The van der Waals surface area contributed by atoms with Crippen molar-refractivity contribution in [3.05, 3.63) is 24.3 Å². The standard InChI is InChI=1S/C36H68NO8P/c1-6-8-10-12-14-16-18-20-22-24-26-28-35(38)42-32-34(33-44-46(40,41)43-31-30-37(3,4)5)45-36(39)29-27-25-23-21-19-17-15-13-11-9-7-2/h12-15,34H,6-11,16-33H2,1-5H3/b14-12-,15-13-/t34-/m1/s1. The first-order chi connectivity index (χ1) is 22.0. The van der Waals surface area contributed by atoms with Crippen molar-refractivity contribution in [3.8, 4) is 0 Å². The molecule has 0 radical (unpaired) electrons. The van der Waals surface area contributed by atoms with Crippen LogP contribution < -0.4 is 4.89 Å². The van der Waals surface area contributed by atoms with Crippen molar-refractivity contribution in [1.29, 1.82) is 0 Å². The van der Waals surface area contributed by atoms with E-state index in [1.54, 1.807) is 0 Å². The summed E-state index contributed by atoms with van der Waals surface area (Å²) in [4.78, 5) is 37.2. The van der Waals surface area contributed by atoms with Gasteiger partial charge in [0.25, 0.3) is 7.82 Å². The highest BCUT2D eigenvalue weighted by Gasteiger charge is 2.21. The molecule has 9 nitrogen and oxygen atoms in total. The maximum absolute atomic E-state index is 12.5. The Labute approximate surface area is 281 Å². The summed E-state index contributed by atoms with van der Waals surface area (Å²) in [6.45, 7) is 4.10. The molecule has 0 amide bonds. The number of phosphoric ester groups is 1. The number of phosphoric acid groups is 1. The Morgan fingerprint density at radius 1 is 0.652 bits per heavy atom. The molecule has 46 heavy (non-hydrogen) atoms. The Hall–Kier alpha value is -1.51. The Morgan fingerprint density at radius 2 is 1.11 bits per heavy atom. The molecule has 0 aliphatic rings. The maximum atomic E-state index is 12.5. The van der Waals surface area contributed by atoms with E-state index >= 15 is 0 Å². The molecule has 0 rings (SSSR count). The van der Waals surface area contributed by atoms with Gasteiger partial charge in [0.2, 0.25) is 0 Å². The van der Waals surface area contributed by atoms with Gasteiger partial charge >= 0.3 is 11.9 Å². The minimum absolute atomic E-state index is 0.0332. The van der Waals surface area contributed by atoms with Crippen LogP contribution in [-0.4, -0.2) is 70.0 Å². The molecular formula is C36H68NO8P. The lowest BCUT2D eigenvalue weighted by atomic mass is 10.1. The van der Waals surface area contributed by atoms with Gasteiger partial charge in [0.05, 0.1) is 27.7 Å². The normalized spacial score (nSPS) is 14.1.